The second-order valence-electron chi connectivity index (χ2n) is 5.99. The lowest BCUT2D eigenvalue weighted by Gasteiger charge is -2.29. The number of likely N-dealkylation sites (N-methyl/N-ethyl adjacent to an activating group) is 1. The van der Waals surface area contributed by atoms with Crippen LogP contribution in [-0.2, 0) is 5.41 Å². The summed E-state index contributed by atoms with van der Waals surface area (Å²) in [4.78, 5) is 0. The molecule has 0 amide bonds. The number of hydrogen-bond acceptors (Lipinski definition) is 2. The maximum atomic E-state index is 6.02. The van der Waals surface area contributed by atoms with Gasteiger partial charge in [0.25, 0.3) is 0 Å². The van der Waals surface area contributed by atoms with Gasteiger partial charge in [-0.05, 0) is 56.8 Å². The number of ether oxygens (including phenoxy) is 1. The molecule has 1 fully saturated rings. The summed E-state index contributed by atoms with van der Waals surface area (Å²) < 4.78 is 6.02. The van der Waals surface area contributed by atoms with Crippen LogP contribution in [0.2, 0.25) is 0 Å². The van der Waals surface area contributed by atoms with Gasteiger partial charge in [0.1, 0.15) is 5.75 Å². The normalized spacial score (nSPS) is 19.3. The first kappa shape index (κ1) is 14.4. The van der Waals surface area contributed by atoms with E-state index in [1.807, 2.05) is 7.05 Å². The van der Waals surface area contributed by atoms with Gasteiger partial charge in [0.15, 0.2) is 0 Å². The highest BCUT2D eigenvalue weighted by Gasteiger charge is 2.23. The zero-order valence-electron chi connectivity index (χ0n) is 12.5. The Morgan fingerprint density at radius 2 is 1.84 bits per heavy atom. The van der Waals surface area contributed by atoms with Crippen molar-refractivity contribution >= 4 is 0 Å². The van der Waals surface area contributed by atoms with Crippen LogP contribution < -0.4 is 10.1 Å². The SMILES string of the molecule is CCC(C)(CNC)c1ccc(OC2CCCC2)cc1. The standard InChI is InChI=1S/C17H27NO/c1-4-17(2,13-18-3)14-9-11-16(12-10-14)19-15-7-5-6-8-15/h9-12,15,18H,4-8,13H2,1-3H3. The van der Waals surface area contributed by atoms with Gasteiger partial charge < -0.3 is 10.1 Å². The third-order valence-corrected chi connectivity index (χ3v) is 4.50. The Labute approximate surface area is 117 Å². The van der Waals surface area contributed by atoms with Crippen molar-refractivity contribution in [2.24, 2.45) is 0 Å². The minimum absolute atomic E-state index is 0.209. The smallest absolute Gasteiger partial charge is 0.119 e. The van der Waals surface area contributed by atoms with E-state index in [4.69, 9.17) is 4.74 Å². The summed E-state index contributed by atoms with van der Waals surface area (Å²) in [5.74, 6) is 1.03. The largest absolute Gasteiger partial charge is 0.490 e. The van der Waals surface area contributed by atoms with Gasteiger partial charge >= 0.3 is 0 Å². The van der Waals surface area contributed by atoms with Crippen LogP contribution in [0.1, 0.15) is 51.5 Å². The first-order valence-electron chi connectivity index (χ1n) is 7.60. The lowest BCUT2D eigenvalue weighted by atomic mass is 9.80. The average Bonchev–Trinajstić information content (AvgIpc) is 2.92. The van der Waals surface area contributed by atoms with Crippen LogP contribution in [0.3, 0.4) is 0 Å². The molecule has 1 aliphatic carbocycles. The van der Waals surface area contributed by atoms with Gasteiger partial charge in [-0.25, -0.2) is 0 Å². The van der Waals surface area contributed by atoms with Gasteiger partial charge in [-0.3, -0.25) is 0 Å². The van der Waals surface area contributed by atoms with Crippen molar-refractivity contribution in [1.29, 1.82) is 0 Å². The molecule has 0 aromatic heterocycles. The molecule has 0 heterocycles. The van der Waals surface area contributed by atoms with E-state index in [9.17, 15) is 0 Å². The summed E-state index contributed by atoms with van der Waals surface area (Å²) in [5.41, 5.74) is 1.60. The van der Waals surface area contributed by atoms with Crippen LogP contribution in [0, 0.1) is 0 Å². The Bertz CT molecular complexity index is 381. The fraction of sp³-hybridized carbons (Fsp3) is 0.647. The van der Waals surface area contributed by atoms with E-state index in [0.717, 1.165) is 18.7 Å². The van der Waals surface area contributed by atoms with Gasteiger partial charge in [0.05, 0.1) is 6.10 Å². The van der Waals surface area contributed by atoms with Crippen LogP contribution in [-0.4, -0.2) is 19.7 Å². The summed E-state index contributed by atoms with van der Waals surface area (Å²) in [7, 11) is 2.02. The molecule has 1 unspecified atom stereocenters. The second kappa shape index (κ2) is 6.42. The first-order valence-corrected chi connectivity index (χ1v) is 7.60. The Balaban J connectivity index is 2.04. The first-order chi connectivity index (χ1) is 9.18. The van der Waals surface area contributed by atoms with Crippen molar-refractivity contribution in [1.82, 2.24) is 5.32 Å². The summed E-state index contributed by atoms with van der Waals surface area (Å²) in [6.07, 6.45) is 6.65. The van der Waals surface area contributed by atoms with Crippen LogP contribution in [0.25, 0.3) is 0 Å². The van der Waals surface area contributed by atoms with Crippen molar-refractivity contribution < 1.29 is 4.74 Å². The molecular formula is C17H27NO. The molecule has 0 radical (unpaired) electrons. The lowest BCUT2D eigenvalue weighted by molar-refractivity contribution is 0.210. The van der Waals surface area contributed by atoms with E-state index in [2.05, 4.69) is 43.4 Å². The molecule has 1 atom stereocenters. The minimum Gasteiger partial charge on any atom is -0.490 e. The molecule has 1 aliphatic rings. The molecule has 1 aromatic rings. The van der Waals surface area contributed by atoms with Gasteiger partial charge in [-0.2, -0.15) is 0 Å². The van der Waals surface area contributed by atoms with Gasteiger partial charge in [-0.1, -0.05) is 26.0 Å². The molecule has 2 rings (SSSR count). The van der Waals surface area contributed by atoms with Gasteiger partial charge in [0.2, 0.25) is 0 Å². The molecule has 1 aromatic carbocycles. The van der Waals surface area contributed by atoms with Crippen LogP contribution >= 0.6 is 0 Å². The molecule has 0 bridgehead atoms. The molecule has 19 heavy (non-hydrogen) atoms. The fourth-order valence-corrected chi connectivity index (χ4v) is 2.96. The zero-order valence-corrected chi connectivity index (χ0v) is 12.5. The van der Waals surface area contributed by atoms with Crippen LogP contribution in [0.4, 0.5) is 0 Å². The Morgan fingerprint density at radius 1 is 1.21 bits per heavy atom. The van der Waals surface area contributed by atoms with Crippen molar-refractivity contribution in [3.63, 3.8) is 0 Å². The van der Waals surface area contributed by atoms with E-state index in [1.165, 1.54) is 31.2 Å². The average molecular weight is 261 g/mol. The highest BCUT2D eigenvalue weighted by Crippen LogP contribution is 2.29. The molecule has 106 valence electrons. The summed E-state index contributed by atoms with van der Waals surface area (Å²) in [6.45, 7) is 5.57. The second-order valence-corrected chi connectivity index (χ2v) is 5.99. The number of rotatable bonds is 6. The molecule has 2 heteroatoms. The van der Waals surface area contributed by atoms with Crippen LogP contribution in [0.15, 0.2) is 24.3 Å². The fourth-order valence-electron chi connectivity index (χ4n) is 2.96. The van der Waals surface area contributed by atoms with Crippen molar-refractivity contribution in [3.8, 4) is 5.75 Å². The van der Waals surface area contributed by atoms with Crippen LogP contribution in [0.5, 0.6) is 5.75 Å². The highest BCUT2D eigenvalue weighted by atomic mass is 16.5. The molecule has 0 spiro atoms. The Hall–Kier alpha value is -1.02. The van der Waals surface area contributed by atoms with Crippen molar-refractivity contribution in [2.45, 2.75) is 57.5 Å². The molecule has 0 aliphatic heterocycles. The van der Waals surface area contributed by atoms with Crippen molar-refractivity contribution in [2.75, 3.05) is 13.6 Å². The lowest BCUT2D eigenvalue weighted by Crippen LogP contribution is -2.33. The number of nitrogens with one attached hydrogen (secondary N) is 1. The maximum Gasteiger partial charge on any atom is 0.119 e. The summed E-state index contributed by atoms with van der Waals surface area (Å²) in [5, 5.41) is 3.30. The minimum atomic E-state index is 0.209. The van der Waals surface area contributed by atoms with Gasteiger partial charge in [-0.15, -0.1) is 0 Å². The summed E-state index contributed by atoms with van der Waals surface area (Å²) in [6, 6.07) is 8.73. The van der Waals surface area contributed by atoms with Gasteiger partial charge in [0, 0.05) is 12.0 Å². The quantitative estimate of drug-likeness (QED) is 0.838. The topological polar surface area (TPSA) is 21.3 Å². The molecular weight excluding hydrogens is 234 g/mol. The monoisotopic (exact) mass is 261 g/mol. The van der Waals surface area contributed by atoms with E-state index in [-0.39, 0.29) is 5.41 Å². The number of benzene rings is 1. The van der Waals surface area contributed by atoms with E-state index in [0.29, 0.717) is 6.10 Å². The Morgan fingerprint density at radius 3 is 2.37 bits per heavy atom. The van der Waals surface area contributed by atoms with E-state index < -0.39 is 0 Å². The molecule has 1 N–H and O–H groups in total. The van der Waals surface area contributed by atoms with E-state index in [1.54, 1.807) is 0 Å². The maximum absolute atomic E-state index is 6.02. The van der Waals surface area contributed by atoms with Crippen molar-refractivity contribution in [3.05, 3.63) is 29.8 Å². The summed E-state index contributed by atoms with van der Waals surface area (Å²) >= 11 is 0. The Kier molecular flexibility index (Phi) is 4.87. The predicted molar refractivity (Wildman–Crippen MR) is 80.9 cm³/mol. The third-order valence-electron chi connectivity index (χ3n) is 4.50. The third kappa shape index (κ3) is 3.50. The molecule has 1 saturated carbocycles. The molecule has 0 saturated heterocycles. The van der Waals surface area contributed by atoms with E-state index >= 15 is 0 Å². The highest BCUT2D eigenvalue weighted by molar-refractivity contribution is 5.32. The number of hydrogen-bond donors (Lipinski definition) is 1. The zero-order chi connectivity index (χ0) is 13.7. The molecule has 2 nitrogen and oxygen atoms in total. The predicted octanol–water partition coefficient (Wildman–Crippen LogP) is 3.90.